The summed E-state index contributed by atoms with van der Waals surface area (Å²) in [5, 5.41) is 0. The van der Waals surface area contributed by atoms with E-state index in [9.17, 15) is 4.39 Å². The Hall–Kier alpha value is -2.44. The Kier molecular flexibility index (Phi) is 4.74. The van der Waals surface area contributed by atoms with Gasteiger partial charge in [-0.2, -0.15) is 0 Å². The van der Waals surface area contributed by atoms with Crippen molar-refractivity contribution in [2.45, 2.75) is 11.3 Å². The summed E-state index contributed by atoms with van der Waals surface area (Å²) >= 11 is 1.86. The molecule has 1 saturated heterocycles. The number of thioether (sulfide) groups is 1. The van der Waals surface area contributed by atoms with Gasteiger partial charge in [0.1, 0.15) is 11.6 Å². The van der Waals surface area contributed by atoms with Crippen LogP contribution in [-0.2, 0) is 11.2 Å². The zero-order valence-electron chi connectivity index (χ0n) is 15.4. The van der Waals surface area contributed by atoms with E-state index < -0.39 is 0 Å². The molecule has 0 radical (unpaired) electrons. The zero-order chi connectivity index (χ0) is 18.9. The summed E-state index contributed by atoms with van der Waals surface area (Å²) in [5.41, 5.74) is 4.18. The number of aromatic nitrogens is 2. The first kappa shape index (κ1) is 17.6. The van der Waals surface area contributed by atoms with Crippen LogP contribution >= 0.6 is 11.8 Å². The van der Waals surface area contributed by atoms with Gasteiger partial charge in [-0.05, 0) is 36.8 Å². The normalized spacial score (nSPS) is 16.2. The summed E-state index contributed by atoms with van der Waals surface area (Å²) in [6.45, 7) is 3.05. The number of morpholine rings is 1. The van der Waals surface area contributed by atoms with Gasteiger partial charge in [0.05, 0.1) is 18.9 Å². The molecular formula is C22H20FN3OS. The molecule has 0 amide bonds. The van der Waals surface area contributed by atoms with E-state index in [1.54, 1.807) is 12.1 Å². The van der Waals surface area contributed by atoms with E-state index in [2.05, 4.69) is 29.2 Å². The van der Waals surface area contributed by atoms with Crippen LogP contribution in [0.4, 0.5) is 10.2 Å². The number of hydrogen-bond donors (Lipinski definition) is 0. The molecule has 0 unspecified atom stereocenters. The maximum atomic E-state index is 13.4. The van der Waals surface area contributed by atoms with Crippen molar-refractivity contribution in [1.82, 2.24) is 9.97 Å². The molecule has 2 aliphatic heterocycles. The predicted molar refractivity (Wildman–Crippen MR) is 110 cm³/mol. The lowest BCUT2D eigenvalue weighted by atomic mass is 10.0. The highest BCUT2D eigenvalue weighted by molar-refractivity contribution is 7.99. The molecule has 0 aliphatic carbocycles. The summed E-state index contributed by atoms with van der Waals surface area (Å²) in [5.74, 6) is 2.38. The van der Waals surface area contributed by atoms with Crippen LogP contribution in [0.3, 0.4) is 0 Å². The molecule has 2 aromatic carbocycles. The van der Waals surface area contributed by atoms with Gasteiger partial charge in [-0.1, -0.05) is 18.2 Å². The minimum atomic E-state index is -0.256. The Bertz CT molecular complexity index is 1000. The molecule has 6 heteroatoms. The fourth-order valence-corrected chi connectivity index (χ4v) is 4.76. The number of halogens is 1. The number of nitrogens with zero attached hydrogens (tertiary/aromatic N) is 3. The van der Waals surface area contributed by atoms with Crippen LogP contribution in [0.15, 0.2) is 53.4 Å². The molecule has 4 nitrogen and oxygen atoms in total. The smallest absolute Gasteiger partial charge is 0.162 e. The van der Waals surface area contributed by atoms with Crippen LogP contribution in [0.2, 0.25) is 0 Å². The second-order valence-corrected chi connectivity index (χ2v) is 8.04. The standard InChI is InChI=1S/C22H20FN3OS/c23-16-7-5-15(6-8-16)21-24-20-17-3-1-2-4-19(17)28-14-9-18(20)22(25-21)26-10-12-27-13-11-26/h1-8H,9-14H2. The van der Waals surface area contributed by atoms with E-state index in [0.717, 1.165) is 47.9 Å². The molecule has 3 heterocycles. The number of anilines is 1. The van der Waals surface area contributed by atoms with Crippen LogP contribution in [-0.4, -0.2) is 42.0 Å². The lowest BCUT2D eigenvalue weighted by molar-refractivity contribution is 0.122. The van der Waals surface area contributed by atoms with Gasteiger partial charge in [-0.15, -0.1) is 11.8 Å². The van der Waals surface area contributed by atoms with Gasteiger partial charge in [0, 0.05) is 40.4 Å². The summed E-state index contributed by atoms with van der Waals surface area (Å²) in [4.78, 5) is 13.5. The van der Waals surface area contributed by atoms with Gasteiger partial charge < -0.3 is 9.64 Å². The summed E-state index contributed by atoms with van der Waals surface area (Å²) in [6, 6.07) is 14.8. The lowest BCUT2D eigenvalue weighted by Crippen LogP contribution is -2.37. The van der Waals surface area contributed by atoms with Gasteiger partial charge in [0.25, 0.3) is 0 Å². The third-order valence-electron chi connectivity index (χ3n) is 5.15. The third kappa shape index (κ3) is 3.27. The van der Waals surface area contributed by atoms with E-state index in [1.165, 1.54) is 22.6 Å². The molecule has 28 heavy (non-hydrogen) atoms. The minimum absolute atomic E-state index is 0.256. The van der Waals surface area contributed by atoms with E-state index in [1.807, 2.05) is 11.8 Å². The predicted octanol–water partition coefficient (Wildman–Crippen LogP) is 4.43. The van der Waals surface area contributed by atoms with Crippen molar-refractivity contribution >= 4 is 17.6 Å². The molecule has 0 atom stereocenters. The quantitative estimate of drug-likeness (QED) is 0.644. The van der Waals surface area contributed by atoms with Crippen molar-refractivity contribution in [2.75, 3.05) is 37.0 Å². The van der Waals surface area contributed by atoms with Gasteiger partial charge in [-0.25, -0.2) is 14.4 Å². The molecule has 2 aliphatic rings. The average Bonchev–Trinajstić information content (AvgIpc) is 2.94. The number of ether oxygens (including phenoxy) is 1. The molecule has 0 N–H and O–H groups in total. The summed E-state index contributed by atoms with van der Waals surface area (Å²) < 4.78 is 19.0. The lowest BCUT2D eigenvalue weighted by Gasteiger charge is -2.30. The van der Waals surface area contributed by atoms with Gasteiger partial charge in [-0.3, -0.25) is 0 Å². The Morgan fingerprint density at radius 1 is 0.964 bits per heavy atom. The first-order chi connectivity index (χ1) is 13.8. The van der Waals surface area contributed by atoms with Crippen molar-refractivity contribution in [3.63, 3.8) is 0 Å². The van der Waals surface area contributed by atoms with Gasteiger partial charge >= 0.3 is 0 Å². The Labute approximate surface area is 167 Å². The van der Waals surface area contributed by atoms with Crippen LogP contribution in [0.5, 0.6) is 0 Å². The fraction of sp³-hybridized carbons (Fsp3) is 0.273. The van der Waals surface area contributed by atoms with Crippen molar-refractivity contribution in [2.24, 2.45) is 0 Å². The van der Waals surface area contributed by atoms with Gasteiger partial charge in [0.15, 0.2) is 5.82 Å². The number of fused-ring (bicyclic) bond motifs is 3. The zero-order valence-corrected chi connectivity index (χ0v) is 16.2. The highest BCUT2D eigenvalue weighted by atomic mass is 32.2. The highest BCUT2D eigenvalue weighted by Gasteiger charge is 2.25. The Balaban J connectivity index is 1.73. The Morgan fingerprint density at radius 2 is 1.75 bits per heavy atom. The largest absolute Gasteiger partial charge is 0.378 e. The number of benzene rings is 2. The first-order valence-corrected chi connectivity index (χ1v) is 10.5. The first-order valence-electron chi connectivity index (χ1n) is 9.51. The molecule has 1 fully saturated rings. The second-order valence-electron chi connectivity index (χ2n) is 6.90. The van der Waals surface area contributed by atoms with E-state index in [-0.39, 0.29) is 5.82 Å². The van der Waals surface area contributed by atoms with Crippen LogP contribution in [0, 0.1) is 5.82 Å². The van der Waals surface area contributed by atoms with Gasteiger partial charge in [0.2, 0.25) is 0 Å². The minimum Gasteiger partial charge on any atom is -0.378 e. The summed E-state index contributed by atoms with van der Waals surface area (Å²) in [7, 11) is 0. The molecule has 1 aromatic heterocycles. The monoisotopic (exact) mass is 393 g/mol. The SMILES string of the molecule is Fc1ccc(-c2nc3c(c(N4CCOCC4)n2)CCSc2ccccc2-3)cc1. The van der Waals surface area contributed by atoms with Crippen molar-refractivity contribution < 1.29 is 9.13 Å². The Morgan fingerprint density at radius 3 is 2.57 bits per heavy atom. The summed E-state index contributed by atoms with van der Waals surface area (Å²) in [6.07, 6.45) is 0.922. The number of hydrogen-bond acceptors (Lipinski definition) is 5. The fourth-order valence-electron chi connectivity index (χ4n) is 3.74. The maximum Gasteiger partial charge on any atom is 0.162 e. The molecule has 0 saturated carbocycles. The van der Waals surface area contributed by atoms with E-state index in [0.29, 0.717) is 19.0 Å². The molecule has 142 valence electrons. The van der Waals surface area contributed by atoms with Crippen LogP contribution in [0.1, 0.15) is 5.56 Å². The maximum absolute atomic E-state index is 13.4. The van der Waals surface area contributed by atoms with Crippen molar-refractivity contribution in [1.29, 1.82) is 0 Å². The molecular weight excluding hydrogens is 373 g/mol. The molecule has 0 spiro atoms. The molecule has 0 bridgehead atoms. The third-order valence-corrected chi connectivity index (χ3v) is 6.23. The van der Waals surface area contributed by atoms with Crippen molar-refractivity contribution in [3.05, 3.63) is 59.9 Å². The van der Waals surface area contributed by atoms with Crippen LogP contribution < -0.4 is 4.90 Å². The van der Waals surface area contributed by atoms with E-state index in [4.69, 9.17) is 14.7 Å². The average molecular weight is 393 g/mol. The number of rotatable bonds is 2. The second kappa shape index (κ2) is 7.53. The van der Waals surface area contributed by atoms with Crippen LogP contribution in [0.25, 0.3) is 22.6 Å². The molecule has 5 rings (SSSR count). The van der Waals surface area contributed by atoms with Crippen molar-refractivity contribution in [3.8, 4) is 22.6 Å². The van der Waals surface area contributed by atoms with E-state index >= 15 is 0 Å². The molecule has 3 aromatic rings. The topological polar surface area (TPSA) is 38.2 Å². The highest BCUT2D eigenvalue weighted by Crippen LogP contribution is 2.40.